The Morgan fingerprint density at radius 1 is 0.939 bits per heavy atom. The molecule has 0 aliphatic carbocycles. The van der Waals surface area contributed by atoms with Crippen LogP contribution in [0, 0.1) is 0 Å². The van der Waals surface area contributed by atoms with Crippen LogP contribution in [0.15, 0.2) is 71.3 Å². The van der Waals surface area contributed by atoms with Gasteiger partial charge in [-0.3, -0.25) is 4.79 Å². The summed E-state index contributed by atoms with van der Waals surface area (Å²) in [5, 5.41) is 11.6. The van der Waals surface area contributed by atoms with Crippen molar-refractivity contribution in [3.63, 3.8) is 0 Å². The minimum Gasteiger partial charge on any atom is -0.416 e. The lowest BCUT2D eigenvalue weighted by molar-refractivity contribution is 0.0766. The van der Waals surface area contributed by atoms with Gasteiger partial charge in [0.05, 0.1) is 5.56 Å². The summed E-state index contributed by atoms with van der Waals surface area (Å²) in [5.41, 5.74) is 9.95. The molecule has 0 atom stereocenters. The number of nitrogens with zero attached hydrogens (tertiary/aromatic N) is 4. The van der Waals surface area contributed by atoms with Crippen LogP contribution in [0.3, 0.4) is 0 Å². The Labute approximate surface area is 194 Å². The Balaban J connectivity index is 0.00000171. The quantitative estimate of drug-likeness (QED) is 0.490. The van der Waals surface area contributed by atoms with Crippen molar-refractivity contribution < 1.29 is 12.1 Å². The molecule has 3 N–H and O–H groups in total. The number of carbonyl (C=O) groups excluding carboxylic acids is 1. The number of nitrogens with one attached hydrogen (secondary N) is 1. The summed E-state index contributed by atoms with van der Waals surface area (Å²) in [6.45, 7) is 3.27. The SMILES string of the molecule is Nc1ncc(-c2ccc(C(=O)N3CCCNCC3)cc2)cc1-c1nnc(-c2ccccc2)o1.[HH].[HH]. The van der Waals surface area contributed by atoms with Crippen LogP contribution in [0.25, 0.3) is 34.0 Å². The van der Waals surface area contributed by atoms with Crippen molar-refractivity contribution in [2.45, 2.75) is 6.42 Å². The standard InChI is InChI=1S/C25H24N6O2.2H2/c26-22-21(24-30-29-23(33-24)18-5-2-1-3-6-18)15-20(16-28-22)17-7-9-19(10-8-17)25(32)31-13-4-11-27-12-14-31;;/h1-3,5-10,15-16,27H,4,11-14H2,(H2,26,28);2*1H. The molecular formula is C25H28N6O2. The van der Waals surface area contributed by atoms with E-state index in [1.807, 2.05) is 65.6 Å². The van der Waals surface area contributed by atoms with E-state index in [4.69, 9.17) is 10.2 Å². The van der Waals surface area contributed by atoms with Gasteiger partial charge >= 0.3 is 0 Å². The largest absolute Gasteiger partial charge is 0.416 e. The van der Waals surface area contributed by atoms with Gasteiger partial charge in [-0.1, -0.05) is 30.3 Å². The maximum absolute atomic E-state index is 12.8. The van der Waals surface area contributed by atoms with E-state index in [1.54, 1.807) is 6.20 Å². The molecule has 0 saturated carbocycles. The van der Waals surface area contributed by atoms with Gasteiger partial charge in [0.15, 0.2) is 0 Å². The summed E-state index contributed by atoms with van der Waals surface area (Å²) in [6.07, 6.45) is 2.66. The predicted octanol–water partition coefficient (Wildman–Crippen LogP) is 3.98. The number of nitrogen functional groups attached to an aromatic ring is 1. The lowest BCUT2D eigenvalue weighted by Gasteiger charge is -2.20. The second kappa shape index (κ2) is 9.22. The van der Waals surface area contributed by atoms with E-state index in [-0.39, 0.29) is 8.76 Å². The number of benzene rings is 2. The first-order valence-electron chi connectivity index (χ1n) is 10.9. The number of hydrogen-bond donors (Lipinski definition) is 2. The Bertz CT molecular complexity index is 1260. The van der Waals surface area contributed by atoms with Crippen molar-refractivity contribution in [2.24, 2.45) is 0 Å². The molecule has 2 aromatic heterocycles. The van der Waals surface area contributed by atoms with Crippen molar-refractivity contribution >= 4 is 11.7 Å². The Kier molecular flexibility index (Phi) is 5.82. The second-order valence-electron chi connectivity index (χ2n) is 7.91. The first-order valence-corrected chi connectivity index (χ1v) is 10.9. The molecule has 8 heteroatoms. The normalized spacial score (nSPS) is 14.1. The van der Waals surface area contributed by atoms with Crippen LogP contribution < -0.4 is 11.1 Å². The van der Waals surface area contributed by atoms with Gasteiger partial charge in [-0.15, -0.1) is 10.2 Å². The lowest BCUT2D eigenvalue weighted by Crippen LogP contribution is -2.34. The van der Waals surface area contributed by atoms with Gasteiger partial charge in [0.2, 0.25) is 5.89 Å². The first-order chi connectivity index (χ1) is 16.2. The molecule has 0 unspecified atom stereocenters. The molecule has 2 aromatic carbocycles. The van der Waals surface area contributed by atoms with Gasteiger partial charge in [-0.2, -0.15) is 0 Å². The van der Waals surface area contributed by atoms with Crippen molar-refractivity contribution in [3.05, 3.63) is 72.4 Å². The molecular weight excluding hydrogens is 416 g/mol. The van der Waals surface area contributed by atoms with Crippen molar-refractivity contribution in [3.8, 4) is 34.0 Å². The fourth-order valence-corrected chi connectivity index (χ4v) is 3.87. The Morgan fingerprint density at radius 2 is 1.73 bits per heavy atom. The van der Waals surface area contributed by atoms with E-state index < -0.39 is 0 Å². The number of amides is 1. The molecule has 5 rings (SSSR count). The molecule has 170 valence electrons. The molecule has 1 fully saturated rings. The minimum absolute atomic E-state index is 0. The van der Waals surface area contributed by atoms with Gasteiger partial charge in [0, 0.05) is 45.4 Å². The average molecular weight is 445 g/mol. The van der Waals surface area contributed by atoms with Crippen molar-refractivity contribution in [1.82, 2.24) is 25.4 Å². The highest BCUT2D eigenvalue weighted by atomic mass is 16.4. The summed E-state index contributed by atoms with van der Waals surface area (Å²) in [7, 11) is 0. The zero-order chi connectivity index (χ0) is 22.6. The van der Waals surface area contributed by atoms with E-state index in [0.717, 1.165) is 49.3 Å². The predicted molar refractivity (Wildman–Crippen MR) is 130 cm³/mol. The summed E-state index contributed by atoms with van der Waals surface area (Å²) in [5.74, 6) is 1.09. The number of rotatable bonds is 4. The molecule has 1 aliphatic heterocycles. The molecule has 3 heterocycles. The van der Waals surface area contributed by atoms with Gasteiger partial charge in [0.1, 0.15) is 5.82 Å². The van der Waals surface area contributed by atoms with Crippen LogP contribution in [0.2, 0.25) is 0 Å². The molecule has 0 bridgehead atoms. The highest BCUT2D eigenvalue weighted by Gasteiger charge is 2.18. The first kappa shape index (κ1) is 20.8. The molecule has 1 amide bonds. The monoisotopic (exact) mass is 444 g/mol. The fourth-order valence-electron chi connectivity index (χ4n) is 3.87. The molecule has 0 spiro atoms. The van der Waals surface area contributed by atoms with Gasteiger partial charge in [-0.25, -0.2) is 4.98 Å². The smallest absolute Gasteiger partial charge is 0.253 e. The Hall–Kier alpha value is -4.04. The molecule has 0 radical (unpaired) electrons. The third-order valence-corrected chi connectivity index (χ3v) is 5.69. The number of hydrogen-bond acceptors (Lipinski definition) is 7. The summed E-state index contributed by atoms with van der Waals surface area (Å²) in [6, 6.07) is 19.0. The molecule has 1 aliphatic rings. The molecule has 33 heavy (non-hydrogen) atoms. The van der Waals surface area contributed by atoms with Crippen LogP contribution in [-0.4, -0.2) is 52.2 Å². The summed E-state index contributed by atoms with van der Waals surface area (Å²) >= 11 is 0. The van der Waals surface area contributed by atoms with Crippen LogP contribution in [-0.2, 0) is 0 Å². The number of aromatic nitrogens is 3. The maximum Gasteiger partial charge on any atom is 0.253 e. The maximum atomic E-state index is 12.8. The van der Waals surface area contributed by atoms with Crippen molar-refractivity contribution in [2.75, 3.05) is 31.9 Å². The second-order valence-corrected chi connectivity index (χ2v) is 7.91. The fraction of sp³-hybridized carbons (Fsp3) is 0.200. The van der Waals surface area contributed by atoms with E-state index >= 15 is 0 Å². The number of nitrogens with two attached hydrogens (primary N) is 1. The highest BCUT2D eigenvalue weighted by molar-refractivity contribution is 5.94. The average Bonchev–Trinajstić information content (AvgIpc) is 3.19. The van der Waals surface area contributed by atoms with Gasteiger partial charge in [0.25, 0.3) is 11.8 Å². The topological polar surface area (TPSA) is 110 Å². The third kappa shape index (κ3) is 4.47. The van der Waals surface area contributed by atoms with Gasteiger partial charge < -0.3 is 20.4 Å². The van der Waals surface area contributed by atoms with E-state index in [1.165, 1.54) is 0 Å². The minimum atomic E-state index is 0. The van der Waals surface area contributed by atoms with E-state index in [9.17, 15) is 4.79 Å². The van der Waals surface area contributed by atoms with Crippen LogP contribution >= 0.6 is 0 Å². The molecule has 4 aromatic rings. The number of carbonyl (C=O) groups is 1. The van der Waals surface area contributed by atoms with Crippen LogP contribution in [0.5, 0.6) is 0 Å². The van der Waals surface area contributed by atoms with Crippen molar-refractivity contribution in [1.29, 1.82) is 0 Å². The third-order valence-electron chi connectivity index (χ3n) is 5.69. The molecule has 8 nitrogen and oxygen atoms in total. The van der Waals surface area contributed by atoms with Crippen LogP contribution in [0.4, 0.5) is 5.82 Å². The summed E-state index contributed by atoms with van der Waals surface area (Å²) in [4.78, 5) is 19.1. The lowest BCUT2D eigenvalue weighted by atomic mass is 10.0. The summed E-state index contributed by atoms with van der Waals surface area (Å²) < 4.78 is 5.86. The van der Waals surface area contributed by atoms with E-state index in [2.05, 4.69) is 20.5 Å². The zero-order valence-electron chi connectivity index (χ0n) is 18.1. The Morgan fingerprint density at radius 3 is 2.55 bits per heavy atom. The molecule has 1 saturated heterocycles. The zero-order valence-corrected chi connectivity index (χ0v) is 18.1. The number of anilines is 1. The number of pyridine rings is 1. The van der Waals surface area contributed by atoms with Crippen LogP contribution in [0.1, 0.15) is 19.6 Å². The highest BCUT2D eigenvalue weighted by Crippen LogP contribution is 2.31. The van der Waals surface area contributed by atoms with Gasteiger partial charge in [-0.05, 0) is 48.9 Å². The van der Waals surface area contributed by atoms with E-state index in [0.29, 0.717) is 28.7 Å².